The normalized spacial score (nSPS) is 12.9. The molecular weight excluding hydrogens is 138 g/mol. The summed E-state index contributed by atoms with van der Waals surface area (Å²) in [5.41, 5.74) is 6.70. The number of nitrogen functional groups attached to an aromatic ring is 1. The molecule has 0 aliphatic heterocycles. The van der Waals surface area contributed by atoms with E-state index in [-0.39, 0.29) is 6.04 Å². The van der Waals surface area contributed by atoms with Crippen LogP contribution in [0, 0.1) is 0 Å². The topological polar surface area (TPSA) is 50.9 Å². The third-order valence-electron chi connectivity index (χ3n) is 1.77. The lowest BCUT2D eigenvalue weighted by atomic mass is 10.1. The molecule has 0 spiro atoms. The Morgan fingerprint density at radius 3 is 2.91 bits per heavy atom. The molecule has 0 bridgehead atoms. The smallest absolute Gasteiger partial charge is 0.128 e. The van der Waals surface area contributed by atoms with Crippen molar-refractivity contribution in [3.8, 4) is 0 Å². The molecule has 0 aromatic carbocycles. The second-order valence-electron chi connectivity index (χ2n) is 2.49. The van der Waals surface area contributed by atoms with E-state index in [9.17, 15) is 0 Å². The van der Waals surface area contributed by atoms with Gasteiger partial charge >= 0.3 is 0 Å². The molecule has 1 rings (SSSR count). The van der Waals surface area contributed by atoms with E-state index >= 15 is 0 Å². The van der Waals surface area contributed by atoms with Crippen LogP contribution in [0.5, 0.6) is 0 Å². The van der Waals surface area contributed by atoms with Crippen molar-refractivity contribution in [1.29, 1.82) is 0 Å². The molecule has 1 aromatic rings. The maximum atomic E-state index is 5.65. The highest BCUT2D eigenvalue weighted by Gasteiger charge is 2.05. The first kappa shape index (κ1) is 8.01. The Labute approximate surface area is 66.6 Å². The van der Waals surface area contributed by atoms with Crippen LogP contribution in [0.25, 0.3) is 0 Å². The van der Waals surface area contributed by atoms with Gasteiger partial charge in [0.2, 0.25) is 0 Å². The molecule has 3 heteroatoms. The van der Waals surface area contributed by atoms with E-state index in [2.05, 4.69) is 10.3 Å². The molecule has 0 amide bonds. The van der Waals surface area contributed by atoms with Gasteiger partial charge < -0.3 is 11.1 Å². The minimum Gasteiger partial charge on any atom is -0.383 e. The minimum absolute atomic E-state index is 0.267. The van der Waals surface area contributed by atoms with E-state index in [1.165, 1.54) is 0 Å². The molecule has 3 nitrogen and oxygen atoms in total. The minimum atomic E-state index is 0.267. The van der Waals surface area contributed by atoms with E-state index in [4.69, 9.17) is 5.73 Å². The number of hydrogen-bond donors (Lipinski definition) is 2. The van der Waals surface area contributed by atoms with Gasteiger partial charge in [0.1, 0.15) is 5.82 Å². The lowest BCUT2D eigenvalue weighted by Gasteiger charge is -2.11. The average Bonchev–Trinajstić information content (AvgIpc) is 2.04. The Balaban J connectivity index is 2.93. The van der Waals surface area contributed by atoms with Crippen molar-refractivity contribution in [2.75, 3.05) is 12.8 Å². The van der Waals surface area contributed by atoms with Gasteiger partial charge in [-0.3, -0.25) is 0 Å². The Kier molecular flexibility index (Phi) is 2.44. The van der Waals surface area contributed by atoms with Crippen LogP contribution in [0.4, 0.5) is 5.82 Å². The van der Waals surface area contributed by atoms with Gasteiger partial charge in [0.25, 0.3) is 0 Å². The molecular formula is C8H13N3. The van der Waals surface area contributed by atoms with Gasteiger partial charge in [-0.2, -0.15) is 0 Å². The Morgan fingerprint density at radius 1 is 1.64 bits per heavy atom. The summed E-state index contributed by atoms with van der Waals surface area (Å²) in [5, 5.41) is 3.10. The van der Waals surface area contributed by atoms with Crippen LogP contribution in [-0.4, -0.2) is 12.0 Å². The zero-order valence-electron chi connectivity index (χ0n) is 6.83. The fourth-order valence-electron chi connectivity index (χ4n) is 0.952. The van der Waals surface area contributed by atoms with Crippen LogP contribution in [0.3, 0.4) is 0 Å². The Morgan fingerprint density at radius 2 is 2.36 bits per heavy atom. The molecule has 1 aromatic heterocycles. The number of pyridine rings is 1. The summed E-state index contributed by atoms with van der Waals surface area (Å²) in [7, 11) is 1.90. The van der Waals surface area contributed by atoms with Gasteiger partial charge in [-0.1, -0.05) is 6.07 Å². The SMILES string of the molecule is CN[C@@H](C)c1cccnc1N. The number of nitrogens with zero attached hydrogens (tertiary/aromatic N) is 1. The quantitative estimate of drug-likeness (QED) is 0.661. The molecule has 1 atom stereocenters. The molecule has 1 heterocycles. The Bertz CT molecular complexity index is 235. The van der Waals surface area contributed by atoms with Crippen molar-refractivity contribution in [1.82, 2.24) is 10.3 Å². The maximum absolute atomic E-state index is 5.65. The molecule has 0 aliphatic rings. The van der Waals surface area contributed by atoms with Crippen molar-refractivity contribution < 1.29 is 0 Å². The van der Waals surface area contributed by atoms with E-state index in [0.29, 0.717) is 5.82 Å². The summed E-state index contributed by atoms with van der Waals surface area (Å²) < 4.78 is 0. The average molecular weight is 151 g/mol. The number of rotatable bonds is 2. The van der Waals surface area contributed by atoms with Gasteiger partial charge in [0.15, 0.2) is 0 Å². The number of aromatic nitrogens is 1. The monoisotopic (exact) mass is 151 g/mol. The van der Waals surface area contributed by atoms with Crippen molar-refractivity contribution in [2.24, 2.45) is 0 Å². The first-order valence-corrected chi connectivity index (χ1v) is 3.63. The second kappa shape index (κ2) is 3.34. The molecule has 11 heavy (non-hydrogen) atoms. The maximum Gasteiger partial charge on any atom is 0.128 e. The van der Waals surface area contributed by atoms with Crippen LogP contribution in [-0.2, 0) is 0 Å². The molecule has 0 aliphatic carbocycles. The highest BCUT2D eigenvalue weighted by atomic mass is 14.9. The molecule has 0 unspecified atom stereocenters. The lowest BCUT2D eigenvalue weighted by molar-refractivity contribution is 0.652. The number of hydrogen-bond acceptors (Lipinski definition) is 3. The first-order valence-electron chi connectivity index (χ1n) is 3.63. The third kappa shape index (κ3) is 1.68. The highest BCUT2D eigenvalue weighted by molar-refractivity contribution is 5.40. The van der Waals surface area contributed by atoms with Crippen LogP contribution in [0.15, 0.2) is 18.3 Å². The summed E-state index contributed by atoms with van der Waals surface area (Å²) in [5.74, 6) is 0.606. The van der Waals surface area contributed by atoms with E-state index < -0.39 is 0 Å². The summed E-state index contributed by atoms with van der Waals surface area (Å²) in [4.78, 5) is 3.99. The van der Waals surface area contributed by atoms with Gasteiger partial charge in [0, 0.05) is 17.8 Å². The van der Waals surface area contributed by atoms with Gasteiger partial charge in [-0.15, -0.1) is 0 Å². The van der Waals surface area contributed by atoms with Crippen molar-refractivity contribution >= 4 is 5.82 Å². The fraction of sp³-hybridized carbons (Fsp3) is 0.375. The van der Waals surface area contributed by atoms with Crippen molar-refractivity contribution in [3.05, 3.63) is 23.9 Å². The molecule has 0 saturated heterocycles. The van der Waals surface area contributed by atoms with Crippen LogP contribution in [0.2, 0.25) is 0 Å². The van der Waals surface area contributed by atoms with Gasteiger partial charge in [0.05, 0.1) is 0 Å². The lowest BCUT2D eigenvalue weighted by Crippen LogP contribution is -2.14. The van der Waals surface area contributed by atoms with Gasteiger partial charge in [-0.05, 0) is 20.0 Å². The summed E-state index contributed by atoms with van der Waals surface area (Å²) >= 11 is 0. The second-order valence-corrected chi connectivity index (χ2v) is 2.49. The van der Waals surface area contributed by atoms with Crippen LogP contribution >= 0.6 is 0 Å². The molecule has 3 N–H and O–H groups in total. The molecule has 0 saturated carbocycles. The number of nitrogens with two attached hydrogens (primary N) is 1. The molecule has 0 radical (unpaired) electrons. The van der Waals surface area contributed by atoms with E-state index in [1.54, 1.807) is 6.20 Å². The zero-order valence-corrected chi connectivity index (χ0v) is 6.83. The number of nitrogens with one attached hydrogen (secondary N) is 1. The predicted molar refractivity (Wildman–Crippen MR) is 46.1 cm³/mol. The van der Waals surface area contributed by atoms with Gasteiger partial charge in [-0.25, -0.2) is 4.98 Å². The largest absolute Gasteiger partial charge is 0.383 e. The molecule has 60 valence electrons. The molecule has 0 fully saturated rings. The number of anilines is 1. The van der Waals surface area contributed by atoms with E-state index in [1.807, 2.05) is 26.1 Å². The van der Waals surface area contributed by atoms with Crippen LogP contribution < -0.4 is 11.1 Å². The van der Waals surface area contributed by atoms with Crippen LogP contribution in [0.1, 0.15) is 18.5 Å². The van der Waals surface area contributed by atoms with E-state index in [0.717, 1.165) is 5.56 Å². The summed E-state index contributed by atoms with van der Waals surface area (Å²) in [6.07, 6.45) is 1.70. The summed E-state index contributed by atoms with van der Waals surface area (Å²) in [6, 6.07) is 4.13. The third-order valence-corrected chi connectivity index (χ3v) is 1.77. The standard InChI is InChI=1S/C8H13N3/c1-6(10-2)7-4-3-5-11-8(7)9/h3-6,10H,1-2H3,(H2,9,11)/t6-/m0/s1. The predicted octanol–water partition coefficient (Wildman–Crippen LogP) is 0.944. The first-order chi connectivity index (χ1) is 5.25. The summed E-state index contributed by atoms with van der Waals surface area (Å²) in [6.45, 7) is 2.05. The Hall–Kier alpha value is -1.09. The fourth-order valence-corrected chi connectivity index (χ4v) is 0.952. The highest BCUT2D eigenvalue weighted by Crippen LogP contribution is 2.15. The van der Waals surface area contributed by atoms with Crippen molar-refractivity contribution in [3.63, 3.8) is 0 Å². The zero-order chi connectivity index (χ0) is 8.27. The van der Waals surface area contributed by atoms with Crippen molar-refractivity contribution in [2.45, 2.75) is 13.0 Å².